The van der Waals surface area contributed by atoms with Crippen LogP contribution in [0.5, 0.6) is 0 Å². The van der Waals surface area contributed by atoms with Crippen molar-refractivity contribution in [3.63, 3.8) is 0 Å². The highest BCUT2D eigenvalue weighted by Gasteiger charge is 2.41. The number of piperazine rings is 1. The zero-order valence-electron chi connectivity index (χ0n) is 17.9. The highest BCUT2D eigenvalue weighted by molar-refractivity contribution is 6.30. The van der Waals surface area contributed by atoms with Crippen molar-refractivity contribution in [2.24, 2.45) is 5.92 Å². The summed E-state index contributed by atoms with van der Waals surface area (Å²) in [5, 5.41) is 3.89. The molecule has 0 radical (unpaired) electrons. The van der Waals surface area contributed by atoms with Gasteiger partial charge in [-0.25, -0.2) is 0 Å². The predicted molar refractivity (Wildman–Crippen MR) is 120 cm³/mol. The SMILES string of the molecule is CN1CCN(C2(CNC(=O)[C@@H]3CC(=O)N(c4ccc(Cl)cc4)C3)CCCCC2)CC1. The maximum atomic E-state index is 13.0. The summed E-state index contributed by atoms with van der Waals surface area (Å²) < 4.78 is 0. The molecule has 2 heterocycles. The molecule has 0 bridgehead atoms. The molecule has 1 aromatic rings. The molecule has 2 amide bonds. The molecule has 1 aromatic carbocycles. The first-order valence-electron chi connectivity index (χ1n) is 11.2. The van der Waals surface area contributed by atoms with Crippen LogP contribution in [0.1, 0.15) is 38.5 Å². The second-order valence-electron chi connectivity index (χ2n) is 9.17. The molecule has 1 saturated carbocycles. The fraction of sp³-hybridized carbons (Fsp3) is 0.652. The number of anilines is 1. The van der Waals surface area contributed by atoms with E-state index in [-0.39, 0.29) is 29.7 Å². The Morgan fingerprint density at radius 2 is 1.77 bits per heavy atom. The smallest absolute Gasteiger partial charge is 0.227 e. The Kier molecular flexibility index (Phi) is 6.66. The van der Waals surface area contributed by atoms with E-state index in [1.54, 1.807) is 17.0 Å². The van der Waals surface area contributed by atoms with Crippen LogP contribution in [-0.2, 0) is 9.59 Å². The van der Waals surface area contributed by atoms with Crippen molar-refractivity contribution < 1.29 is 9.59 Å². The maximum Gasteiger partial charge on any atom is 0.227 e. The van der Waals surface area contributed by atoms with Crippen LogP contribution in [0.4, 0.5) is 5.69 Å². The summed E-state index contributed by atoms with van der Waals surface area (Å²) in [6.07, 6.45) is 6.32. The summed E-state index contributed by atoms with van der Waals surface area (Å²) in [6.45, 7) is 5.44. The van der Waals surface area contributed by atoms with Gasteiger partial charge in [0, 0.05) is 61.9 Å². The lowest BCUT2D eigenvalue weighted by molar-refractivity contribution is -0.127. The lowest BCUT2D eigenvalue weighted by Gasteiger charge is -2.49. The number of hydrogen-bond donors (Lipinski definition) is 1. The molecule has 6 nitrogen and oxygen atoms in total. The largest absolute Gasteiger partial charge is 0.354 e. The Hall–Kier alpha value is -1.63. The van der Waals surface area contributed by atoms with Crippen molar-refractivity contribution in [2.45, 2.75) is 44.1 Å². The average molecular weight is 433 g/mol. The van der Waals surface area contributed by atoms with Gasteiger partial charge >= 0.3 is 0 Å². The molecule has 4 rings (SSSR count). The number of amides is 2. The fourth-order valence-corrected chi connectivity index (χ4v) is 5.37. The van der Waals surface area contributed by atoms with Gasteiger partial charge in [0.2, 0.25) is 11.8 Å². The highest BCUT2D eigenvalue weighted by atomic mass is 35.5. The van der Waals surface area contributed by atoms with Crippen LogP contribution in [0.25, 0.3) is 0 Å². The van der Waals surface area contributed by atoms with E-state index < -0.39 is 0 Å². The Morgan fingerprint density at radius 1 is 1.10 bits per heavy atom. The van der Waals surface area contributed by atoms with E-state index in [1.165, 1.54) is 19.3 Å². The Morgan fingerprint density at radius 3 is 2.43 bits per heavy atom. The lowest BCUT2D eigenvalue weighted by Crippen LogP contribution is -2.61. The van der Waals surface area contributed by atoms with Gasteiger partial charge in [0.05, 0.1) is 5.92 Å². The molecule has 1 aliphatic carbocycles. The van der Waals surface area contributed by atoms with Crippen molar-refractivity contribution >= 4 is 29.1 Å². The standard InChI is InChI=1S/C23H33ClN4O2/c1-26-11-13-27(14-12-26)23(9-3-2-4-10-23)17-25-22(30)18-15-21(29)28(16-18)20-7-5-19(24)6-8-20/h5-8,18H,2-4,9-17H2,1H3,(H,25,30)/t18-/m1/s1. The van der Waals surface area contributed by atoms with Crippen LogP contribution >= 0.6 is 11.6 Å². The van der Waals surface area contributed by atoms with Gasteiger partial charge in [-0.15, -0.1) is 0 Å². The summed E-state index contributed by atoms with van der Waals surface area (Å²) in [6, 6.07) is 7.23. The molecule has 164 valence electrons. The number of benzene rings is 1. The number of likely N-dealkylation sites (N-methyl/N-ethyl adjacent to an activating group) is 1. The minimum Gasteiger partial charge on any atom is -0.354 e. The second-order valence-corrected chi connectivity index (χ2v) is 9.61. The van der Waals surface area contributed by atoms with Gasteiger partial charge in [0.15, 0.2) is 0 Å². The van der Waals surface area contributed by atoms with Crippen LogP contribution in [0.3, 0.4) is 0 Å². The number of carbonyl (C=O) groups excluding carboxylic acids is 2. The van der Waals surface area contributed by atoms with E-state index in [9.17, 15) is 9.59 Å². The van der Waals surface area contributed by atoms with Gasteiger partial charge in [-0.1, -0.05) is 30.9 Å². The van der Waals surface area contributed by atoms with Crippen LogP contribution < -0.4 is 10.2 Å². The minimum absolute atomic E-state index is 0.00363. The van der Waals surface area contributed by atoms with Gasteiger partial charge in [0.25, 0.3) is 0 Å². The van der Waals surface area contributed by atoms with E-state index >= 15 is 0 Å². The van der Waals surface area contributed by atoms with Crippen molar-refractivity contribution in [3.05, 3.63) is 29.3 Å². The van der Waals surface area contributed by atoms with E-state index in [1.807, 2.05) is 12.1 Å². The summed E-state index contributed by atoms with van der Waals surface area (Å²) in [4.78, 5) is 32.2. The van der Waals surface area contributed by atoms with E-state index in [2.05, 4.69) is 22.2 Å². The van der Waals surface area contributed by atoms with Gasteiger partial charge in [-0.05, 0) is 44.2 Å². The van der Waals surface area contributed by atoms with E-state index in [0.717, 1.165) is 44.7 Å². The Labute approximate surface area is 184 Å². The third-order valence-electron chi connectivity index (χ3n) is 7.18. The zero-order chi connectivity index (χ0) is 21.1. The molecule has 2 aliphatic heterocycles. The quantitative estimate of drug-likeness (QED) is 0.777. The topological polar surface area (TPSA) is 55.9 Å². The summed E-state index contributed by atoms with van der Waals surface area (Å²) in [5.41, 5.74) is 0.883. The number of halogens is 1. The molecule has 1 N–H and O–H groups in total. The molecule has 7 heteroatoms. The van der Waals surface area contributed by atoms with E-state index in [4.69, 9.17) is 11.6 Å². The summed E-state index contributed by atoms with van der Waals surface area (Å²) in [5.74, 6) is -0.274. The molecule has 0 unspecified atom stereocenters. The van der Waals surface area contributed by atoms with Crippen molar-refractivity contribution in [1.29, 1.82) is 0 Å². The average Bonchev–Trinajstić information content (AvgIpc) is 3.15. The molecule has 1 atom stereocenters. The minimum atomic E-state index is -0.290. The summed E-state index contributed by atoms with van der Waals surface area (Å²) >= 11 is 5.96. The normalized spacial score (nSPS) is 25.5. The number of rotatable bonds is 5. The molecule has 0 spiro atoms. The van der Waals surface area contributed by atoms with Crippen LogP contribution in [0, 0.1) is 5.92 Å². The van der Waals surface area contributed by atoms with Crippen LogP contribution in [-0.4, -0.2) is 73.5 Å². The van der Waals surface area contributed by atoms with Crippen LogP contribution in [0.2, 0.25) is 5.02 Å². The fourth-order valence-electron chi connectivity index (χ4n) is 5.25. The molecule has 2 saturated heterocycles. The van der Waals surface area contributed by atoms with Crippen LogP contribution in [0.15, 0.2) is 24.3 Å². The molecule has 3 aliphatic rings. The third kappa shape index (κ3) is 4.66. The van der Waals surface area contributed by atoms with Gasteiger partial charge in [0.1, 0.15) is 0 Å². The Balaban J connectivity index is 1.38. The first kappa shape index (κ1) is 21.6. The van der Waals surface area contributed by atoms with Gasteiger partial charge in [-0.2, -0.15) is 0 Å². The maximum absolute atomic E-state index is 13.0. The first-order chi connectivity index (χ1) is 14.5. The first-order valence-corrected chi connectivity index (χ1v) is 11.6. The third-order valence-corrected chi connectivity index (χ3v) is 7.44. The molecular weight excluding hydrogens is 400 g/mol. The lowest BCUT2D eigenvalue weighted by atomic mass is 9.79. The predicted octanol–water partition coefficient (Wildman–Crippen LogP) is 2.76. The number of carbonyl (C=O) groups is 2. The molecule has 3 fully saturated rings. The second kappa shape index (κ2) is 9.25. The monoisotopic (exact) mass is 432 g/mol. The molecule has 0 aromatic heterocycles. The number of hydrogen-bond acceptors (Lipinski definition) is 4. The van der Waals surface area contributed by atoms with Crippen molar-refractivity contribution in [2.75, 3.05) is 51.2 Å². The van der Waals surface area contributed by atoms with Crippen molar-refractivity contribution in [3.8, 4) is 0 Å². The van der Waals surface area contributed by atoms with Gasteiger partial charge < -0.3 is 15.1 Å². The Bertz CT molecular complexity index is 755. The van der Waals surface area contributed by atoms with E-state index in [0.29, 0.717) is 18.1 Å². The molecule has 30 heavy (non-hydrogen) atoms. The highest BCUT2D eigenvalue weighted by Crippen LogP contribution is 2.34. The molecular formula is C23H33ClN4O2. The van der Waals surface area contributed by atoms with Crippen molar-refractivity contribution in [1.82, 2.24) is 15.1 Å². The number of nitrogens with zero attached hydrogens (tertiary/aromatic N) is 3. The van der Waals surface area contributed by atoms with Gasteiger partial charge in [-0.3, -0.25) is 14.5 Å². The zero-order valence-corrected chi connectivity index (χ0v) is 18.7. The number of nitrogens with one attached hydrogen (secondary N) is 1. The summed E-state index contributed by atoms with van der Waals surface area (Å²) in [7, 11) is 2.18.